The van der Waals surface area contributed by atoms with E-state index in [1.165, 1.54) is 65.3 Å². The molecule has 0 saturated heterocycles. The van der Waals surface area contributed by atoms with Crippen LogP contribution in [0.5, 0.6) is 0 Å². The summed E-state index contributed by atoms with van der Waals surface area (Å²) in [7, 11) is -2.68. The van der Waals surface area contributed by atoms with Gasteiger partial charge in [-0.05, 0) is 54.9 Å². The van der Waals surface area contributed by atoms with E-state index in [0.717, 1.165) is 0 Å². The van der Waals surface area contributed by atoms with Gasteiger partial charge in [-0.2, -0.15) is 0 Å². The summed E-state index contributed by atoms with van der Waals surface area (Å²) in [6.07, 6.45) is 0. The largest absolute Gasteiger partial charge is 0.312 e. The topological polar surface area (TPSA) is 3.24 Å². The van der Waals surface area contributed by atoms with Crippen LogP contribution in [-0.2, 0) is 0 Å². The van der Waals surface area contributed by atoms with E-state index < -0.39 is 8.07 Å². The fourth-order valence-electron chi connectivity index (χ4n) is 7.97. The van der Waals surface area contributed by atoms with Gasteiger partial charge in [0.05, 0.1) is 0 Å². The van der Waals surface area contributed by atoms with Crippen molar-refractivity contribution in [3.8, 4) is 11.1 Å². The van der Waals surface area contributed by atoms with Gasteiger partial charge in [0.1, 0.15) is 0 Å². The minimum atomic E-state index is -2.68. The molecule has 0 spiro atoms. The zero-order valence-electron chi connectivity index (χ0n) is 24.8. The lowest BCUT2D eigenvalue weighted by Gasteiger charge is -2.48. The molecule has 2 aliphatic rings. The number of fused-ring (bicyclic) bond motifs is 4. The number of hydrogen-bond acceptors (Lipinski definition) is 1. The normalized spacial score (nSPS) is 13.9. The van der Waals surface area contributed by atoms with Gasteiger partial charge in [-0.15, -0.1) is 0 Å². The lowest BCUT2D eigenvalue weighted by molar-refractivity contribution is 1.30. The SMILES string of the molecule is c1ccc(-c2ccc(B3c4ccccc4N4c5ccccc5[Si](c5ccccc5)(c5ccccc5)c5cccc3c54)cc2)cc1. The van der Waals surface area contributed by atoms with E-state index in [4.69, 9.17) is 0 Å². The summed E-state index contributed by atoms with van der Waals surface area (Å²) in [5.41, 5.74) is 10.4. The van der Waals surface area contributed by atoms with Crippen LogP contribution in [0.15, 0.2) is 182 Å². The van der Waals surface area contributed by atoms with Crippen LogP contribution in [0.1, 0.15) is 0 Å². The van der Waals surface area contributed by atoms with Gasteiger partial charge in [-0.25, -0.2) is 0 Å². The summed E-state index contributed by atoms with van der Waals surface area (Å²) in [6.45, 7) is 0.126. The first kappa shape index (κ1) is 26.1. The van der Waals surface area contributed by atoms with Gasteiger partial charge >= 0.3 is 0 Å². The number of hydrogen-bond donors (Lipinski definition) is 0. The van der Waals surface area contributed by atoms with E-state index in [-0.39, 0.29) is 6.71 Å². The molecule has 7 aromatic carbocycles. The molecule has 2 aliphatic heterocycles. The standard InChI is InChI=1S/C42H30BNSi/c1-4-15-31(16-5-1)32-27-29-33(30-28-32)43-36-21-10-11-23-38(36)44-39-24-12-13-25-40(39)45(34-17-6-2-7-18-34,35-19-8-3-9-20-35)41-26-14-22-37(43)42(41)44/h1-30H. The molecule has 0 N–H and O–H groups in total. The highest BCUT2D eigenvalue weighted by Crippen LogP contribution is 2.39. The third-order valence-electron chi connectivity index (χ3n) is 9.81. The highest BCUT2D eigenvalue weighted by molar-refractivity contribution is 7.22. The van der Waals surface area contributed by atoms with Crippen LogP contribution in [-0.4, -0.2) is 14.8 Å². The Balaban J connectivity index is 1.36. The first-order valence-corrected chi connectivity index (χ1v) is 17.7. The highest BCUT2D eigenvalue weighted by atomic mass is 28.3. The highest BCUT2D eigenvalue weighted by Gasteiger charge is 2.51. The van der Waals surface area contributed by atoms with Crippen LogP contribution in [0.3, 0.4) is 0 Å². The summed E-state index contributed by atoms with van der Waals surface area (Å²) >= 11 is 0. The summed E-state index contributed by atoms with van der Waals surface area (Å²) in [6, 6.07) is 67.8. The summed E-state index contributed by atoms with van der Waals surface area (Å²) in [4.78, 5) is 2.57. The predicted molar refractivity (Wildman–Crippen MR) is 195 cm³/mol. The first-order valence-electron chi connectivity index (χ1n) is 15.7. The zero-order valence-corrected chi connectivity index (χ0v) is 25.8. The van der Waals surface area contributed by atoms with Crippen molar-refractivity contribution in [3.05, 3.63) is 182 Å². The van der Waals surface area contributed by atoms with Crippen molar-refractivity contribution < 1.29 is 0 Å². The Morgan fingerprint density at radius 1 is 0.378 bits per heavy atom. The van der Waals surface area contributed by atoms with Crippen molar-refractivity contribution in [1.82, 2.24) is 0 Å². The number of para-hydroxylation sites is 3. The Kier molecular flexibility index (Phi) is 6.00. The lowest BCUT2D eigenvalue weighted by Crippen LogP contribution is -2.78. The van der Waals surface area contributed by atoms with Gasteiger partial charge in [0, 0.05) is 17.1 Å². The smallest absolute Gasteiger partial charge is 0.246 e. The van der Waals surface area contributed by atoms with Gasteiger partial charge in [0.15, 0.2) is 8.07 Å². The molecule has 45 heavy (non-hydrogen) atoms. The second-order valence-electron chi connectivity index (χ2n) is 12.1. The molecular formula is C42H30BNSi. The fraction of sp³-hybridized carbons (Fsp3) is 0. The maximum Gasteiger partial charge on any atom is 0.246 e. The molecule has 210 valence electrons. The van der Waals surface area contributed by atoms with E-state index in [9.17, 15) is 0 Å². The third-order valence-corrected chi connectivity index (χ3v) is 14.6. The molecule has 0 atom stereocenters. The van der Waals surface area contributed by atoms with Gasteiger partial charge < -0.3 is 4.90 Å². The van der Waals surface area contributed by atoms with E-state index in [0.29, 0.717) is 0 Å². The van der Waals surface area contributed by atoms with E-state index in [2.05, 4.69) is 187 Å². The first-order chi connectivity index (χ1) is 22.4. The van der Waals surface area contributed by atoms with Crippen LogP contribution < -0.4 is 42.0 Å². The minimum absolute atomic E-state index is 0.126. The molecular weight excluding hydrogens is 557 g/mol. The Hall–Kier alpha value is -5.38. The Morgan fingerprint density at radius 2 is 0.889 bits per heavy atom. The fourth-order valence-corrected chi connectivity index (χ4v) is 13.1. The molecule has 0 fully saturated rings. The van der Waals surface area contributed by atoms with Crippen molar-refractivity contribution in [2.45, 2.75) is 0 Å². The van der Waals surface area contributed by atoms with Crippen LogP contribution >= 0.6 is 0 Å². The van der Waals surface area contributed by atoms with Gasteiger partial charge in [0.25, 0.3) is 0 Å². The molecule has 0 radical (unpaired) electrons. The van der Waals surface area contributed by atoms with Crippen molar-refractivity contribution in [1.29, 1.82) is 0 Å². The molecule has 9 rings (SSSR count). The second kappa shape index (κ2) is 10.4. The summed E-state index contributed by atoms with van der Waals surface area (Å²) in [5, 5.41) is 5.72. The Labute approximate surface area is 266 Å². The van der Waals surface area contributed by atoms with Crippen molar-refractivity contribution in [2.75, 3.05) is 4.90 Å². The predicted octanol–water partition coefficient (Wildman–Crippen LogP) is 5.34. The number of benzene rings is 7. The maximum absolute atomic E-state index is 2.68. The minimum Gasteiger partial charge on any atom is -0.312 e. The zero-order chi connectivity index (χ0) is 29.8. The van der Waals surface area contributed by atoms with Crippen molar-refractivity contribution in [3.63, 3.8) is 0 Å². The summed E-state index contributed by atoms with van der Waals surface area (Å²) < 4.78 is 0. The molecule has 3 heteroatoms. The average Bonchev–Trinajstić information content (AvgIpc) is 3.13. The number of rotatable bonds is 4. The Bertz CT molecular complexity index is 2120. The van der Waals surface area contributed by atoms with Crippen LogP contribution in [0.25, 0.3) is 11.1 Å². The third kappa shape index (κ3) is 3.81. The maximum atomic E-state index is 2.57. The van der Waals surface area contributed by atoms with Gasteiger partial charge in [-0.1, -0.05) is 175 Å². The van der Waals surface area contributed by atoms with Crippen molar-refractivity contribution >= 4 is 69.0 Å². The average molecular weight is 588 g/mol. The molecule has 1 nitrogen and oxygen atoms in total. The number of nitrogens with zero attached hydrogens (tertiary/aromatic N) is 1. The number of anilines is 3. The lowest BCUT2D eigenvalue weighted by atomic mass is 9.35. The van der Waals surface area contributed by atoms with Crippen molar-refractivity contribution in [2.24, 2.45) is 0 Å². The van der Waals surface area contributed by atoms with E-state index in [1.807, 2.05) is 0 Å². The monoisotopic (exact) mass is 587 g/mol. The molecule has 0 saturated carbocycles. The molecule has 7 aromatic rings. The van der Waals surface area contributed by atoms with Gasteiger partial charge in [-0.3, -0.25) is 0 Å². The molecule has 0 aromatic heterocycles. The Morgan fingerprint density at radius 3 is 1.58 bits per heavy atom. The second-order valence-corrected chi connectivity index (χ2v) is 15.8. The molecule has 0 unspecified atom stereocenters. The van der Waals surface area contributed by atoms with E-state index >= 15 is 0 Å². The van der Waals surface area contributed by atoms with E-state index in [1.54, 1.807) is 0 Å². The van der Waals surface area contributed by atoms with Crippen LogP contribution in [0.4, 0.5) is 17.1 Å². The summed E-state index contributed by atoms with van der Waals surface area (Å²) in [5.74, 6) is 0. The van der Waals surface area contributed by atoms with Crippen LogP contribution in [0.2, 0.25) is 0 Å². The molecule has 2 heterocycles. The van der Waals surface area contributed by atoms with Crippen LogP contribution in [0, 0.1) is 0 Å². The molecule has 0 amide bonds. The molecule has 0 aliphatic carbocycles. The molecule has 0 bridgehead atoms. The van der Waals surface area contributed by atoms with Gasteiger partial charge in [0.2, 0.25) is 6.71 Å². The quantitative estimate of drug-likeness (QED) is 0.251.